The third kappa shape index (κ3) is 3.57. The fraction of sp³-hybridized carbons (Fsp3) is 0.435. The van der Waals surface area contributed by atoms with Crippen LogP contribution in [0.15, 0.2) is 43.0 Å². The van der Waals surface area contributed by atoms with E-state index in [1.165, 1.54) is 0 Å². The maximum atomic E-state index is 10.7. The minimum Gasteiger partial charge on any atom is -0.507 e. The maximum Gasteiger partial charge on any atom is 0.194 e. The number of fused-ring (bicyclic) bond motifs is 3. The molecule has 9 heteroatoms. The van der Waals surface area contributed by atoms with Crippen LogP contribution in [0.5, 0.6) is 11.5 Å². The molecule has 3 aliphatic heterocycles. The lowest BCUT2D eigenvalue weighted by molar-refractivity contribution is 0.0178. The minimum atomic E-state index is 0.141. The Morgan fingerprint density at radius 1 is 1.09 bits per heavy atom. The lowest BCUT2D eigenvalue weighted by atomic mass is 9.91. The molecule has 0 amide bonds. The lowest BCUT2D eigenvalue weighted by Crippen LogP contribution is -2.59. The standard InChI is InChI=1S/C23H26N6O3/c30-21-10-17(28-6-4-24-14-28)2-3-19(21)20-11-22-23(27-26-20)29(5-1-7-32-22)18-8-15-12-31-13-16(9-18)25-15/h2-4,6,10-11,14-16,18,25,30H,1,5,7-9,12-13H2/t15-,16-/m0/s1. The van der Waals surface area contributed by atoms with Gasteiger partial charge in [0.2, 0.25) is 0 Å². The molecular weight excluding hydrogens is 408 g/mol. The quantitative estimate of drug-likeness (QED) is 0.647. The Kier molecular flexibility index (Phi) is 4.92. The van der Waals surface area contributed by atoms with Gasteiger partial charge in [0.25, 0.3) is 0 Å². The number of piperidine rings is 1. The number of hydrogen-bond donors (Lipinski definition) is 2. The highest BCUT2D eigenvalue weighted by Gasteiger charge is 2.36. The molecule has 0 unspecified atom stereocenters. The Morgan fingerprint density at radius 3 is 2.75 bits per heavy atom. The van der Waals surface area contributed by atoms with Gasteiger partial charge in [0.15, 0.2) is 11.6 Å². The predicted molar refractivity (Wildman–Crippen MR) is 118 cm³/mol. The summed E-state index contributed by atoms with van der Waals surface area (Å²) >= 11 is 0. The number of ether oxygens (including phenoxy) is 2. The van der Waals surface area contributed by atoms with Gasteiger partial charge >= 0.3 is 0 Å². The molecule has 0 radical (unpaired) electrons. The molecule has 2 saturated heterocycles. The van der Waals surface area contributed by atoms with Crippen molar-refractivity contribution in [3.8, 4) is 28.4 Å². The normalized spacial score (nSPS) is 25.0. The number of phenols is 1. The van der Waals surface area contributed by atoms with Crippen LogP contribution >= 0.6 is 0 Å². The van der Waals surface area contributed by atoms with Gasteiger partial charge in [-0.25, -0.2) is 4.98 Å². The number of phenolic OH excluding ortho intramolecular Hbond substituents is 1. The summed E-state index contributed by atoms with van der Waals surface area (Å²) < 4.78 is 13.6. The topological polar surface area (TPSA) is 97.6 Å². The van der Waals surface area contributed by atoms with E-state index in [1.54, 1.807) is 18.6 Å². The maximum absolute atomic E-state index is 10.7. The third-order valence-electron chi connectivity index (χ3n) is 6.54. The summed E-state index contributed by atoms with van der Waals surface area (Å²) in [5, 5.41) is 23.4. The van der Waals surface area contributed by atoms with Crippen molar-refractivity contribution in [2.75, 3.05) is 31.3 Å². The van der Waals surface area contributed by atoms with E-state index in [-0.39, 0.29) is 5.75 Å². The average Bonchev–Trinajstić information content (AvgIpc) is 3.26. The van der Waals surface area contributed by atoms with Gasteiger partial charge in [0.05, 0.1) is 31.8 Å². The van der Waals surface area contributed by atoms with Gasteiger partial charge in [0.1, 0.15) is 11.4 Å². The first-order valence-electron chi connectivity index (χ1n) is 11.2. The number of aromatic nitrogens is 4. The molecule has 2 aromatic heterocycles. The summed E-state index contributed by atoms with van der Waals surface area (Å²) in [6, 6.07) is 8.54. The van der Waals surface area contributed by atoms with E-state index in [2.05, 4.69) is 25.4 Å². The molecule has 1 aromatic carbocycles. The van der Waals surface area contributed by atoms with Crippen LogP contribution in [0.1, 0.15) is 19.3 Å². The Hall–Kier alpha value is -3.17. The van der Waals surface area contributed by atoms with Crippen LogP contribution in [0.25, 0.3) is 16.9 Å². The summed E-state index contributed by atoms with van der Waals surface area (Å²) in [7, 11) is 0. The zero-order chi connectivity index (χ0) is 21.5. The SMILES string of the molecule is Oc1cc(-n2ccnc2)ccc1-c1cc2c(nn1)N(C1C[C@H]3COC[C@H](C1)N3)CCCO2. The first-order valence-corrected chi connectivity index (χ1v) is 11.2. The molecule has 32 heavy (non-hydrogen) atoms. The van der Waals surface area contributed by atoms with Crippen molar-refractivity contribution in [3.63, 3.8) is 0 Å². The highest BCUT2D eigenvalue weighted by atomic mass is 16.5. The highest BCUT2D eigenvalue weighted by Crippen LogP contribution is 2.37. The van der Waals surface area contributed by atoms with E-state index >= 15 is 0 Å². The van der Waals surface area contributed by atoms with Gasteiger partial charge in [-0.2, -0.15) is 0 Å². The van der Waals surface area contributed by atoms with Gasteiger partial charge in [-0.3, -0.25) is 0 Å². The van der Waals surface area contributed by atoms with Crippen molar-refractivity contribution in [1.82, 2.24) is 25.1 Å². The number of nitrogens with zero attached hydrogens (tertiary/aromatic N) is 5. The van der Waals surface area contributed by atoms with E-state index in [0.29, 0.717) is 36.0 Å². The average molecular weight is 435 g/mol. The number of rotatable bonds is 3. The van der Waals surface area contributed by atoms with E-state index < -0.39 is 0 Å². The van der Waals surface area contributed by atoms with Crippen molar-refractivity contribution in [3.05, 3.63) is 43.0 Å². The number of hydrogen-bond acceptors (Lipinski definition) is 8. The largest absolute Gasteiger partial charge is 0.507 e. The van der Waals surface area contributed by atoms with Crippen LogP contribution in [0, 0.1) is 0 Å². The van der Waals surface area contributed by atoms with Gasteiger partial charge in [0, 0.05) is 54.8 Å². The molecule has 9 nitrogen and oxygen atoms in total. The molecule has 2 atom stereocenters. The number of anilines is 1. The minimum absolute atomic E-state index is 0.141. The van der Waals surface area contributed by atoms with E-state index in [0.717, 1.165) is 56.3 Å². The summed E-state index contributed by atoms with van der Waals surface area (Å²) in [6.07, 6.45) is 8.22. The second-order valence-electron chi connectivity index (χ2n) is 8.71. The Balaban J connectivity index is 1.31. The van der Waals surface area contributed by atoms with Gasteiger partial charge < -0.3 is 29.4 Å². The molecule has 3 aliphatic rings. The summed E-state index contributed by atoms with van der Waals surface area (Å²) in [5.74, 6) is 1.67. The number of nitrogens with one attached hydrogen (secondary N) is 1. The van der Waals surface area contributed by atoms with Crippen LogP contribution in [0.3, 0.4) is 0 Å². The molecular formula is C23H26N6O3. The van der Waals surface area contributed by atoms with Crippen LogP contribution in [-0.4, -0.2) is 69.3 Å². The summed E-state index contributed by atoms with van der Waals surface area (Å²) in [5.41, 5.74) is 2.04. The lowest BCUT2D eigenvalue weighted by Gasteiger charge is -2.44. The van der Waals surface area contributed by atoms with Crippen molar-refractivity contribution in [2.45, 2.75) is 37.4 Å². The molecule has 2 fully saturated rings. The summed E-state index contributed by atoms with van der Waals surface area (Å²) in [6.45, 7) is 3.07. The molecule has 5 heterocycles. The first-order chi connectivity index (χ1) is 15.7. The fourth-order valence-corrected chi connectivity index (χ4v) is 5.05. The van der Waals surface area contributed by atoms with E-state index in [9.17, 15) is 5.11 Å². The van der Waals surface area contributed by atoms with Crippen molar-refractivity contribution < 1.29 is 14.6 Å². The predicted octanol–water partition coefficient (Wildman–Crippen LogP) is 2.14. The van der Waals surface area contributed by atoms with Crippen LogP contribution < -0.4 is 15.0 Å². The van der Waals surface area contributed by atoms with Crippen molar-refractivity contribution in [1.29, 1.82) is 0 Å². The second-order valence-corrected chi connectivity index (χ2v) is 8.71. The van der Waals surface area contributed by atoms with Crippen molar-refractivity contribution >= 4 is 5.82 Å². The Labute approximate surface area is 186 Å². The Morgan fingerprint density at radius 2 is 1.97 bits per heavy atom. The molecule has 166 valence electrons. The second kappa shape index (κ2) is 8.07. The van der Waals surface area contributed by atoms with Crippen LogP contribution in [-0.2, 0) is 4.74 Å². The van der Waals surface area contributed by atoms with Crippen LogP contribution in [0.2, 0.25) is 0 Å². The number of morpholine rings is 1. The number of imidazole rings is 1. The Bertz CT molecular complexity index is 1090. The highest BCUT2D eigenvalue weighted by molar-refractivity contribution is 5.71. The van der Waals surface area contributed by atoms with Gasteiger partial charge in [-0.1, -0.05) is 0 Å². The zero-order valence-corrected chi connectivity index (χ0v) is 17.7. The van der Waals surface area contributed by atoms with Crippen molar-refractivity contribution in [2.24, 2.45) is 0 Å². The molecule has 0 spiro atoms. The third-order valence-corrected chi connectivity index (χ3v) is 6.54. The fourth-order valence-electron chi connectivity index (χ4n) is 5.05. The number of aromatic hydroxyl groups is 1. The van der Waals surface area contributed by atoms with E-state index in [4.69, 9.17) is 9.47 Å². The molecule has 3 aromatic rings. The first kappa shape index (κ1) is 19.5. The van der Waals surface area contributed by atoms with Gasteiger partial charge in [-0.05, 0) is 31.4 Å². The molecule has 2 bridgehead atoms. The zero-order valence-electron chi connectivity index (χ0n) is 17.7. The molecule has 2 N–H and O–H groups in total. The monoisotopic (exact) mass is 434 g/mol. The summed E-state index contributed by atoms with van der Waals surface area (Å²) in [4.78, 5) is 6.43. The molecule has 0 aliphatic carbocycles. The smallest absolute Gasteiger partial charge is 0.194 e. The van der Waals surface area contributed by atoms with E-state index in [1.807, 2.05) is 29.0 Å². The van der Waals surface area contributed by atoms with Crippen LogP contribution in [0.4, 0.5) is 5.82 Å². The molecule has 0 saturated carbocycles. The van der Waals surface area contributed by atoms with Gasteiger partial charge in [-0.15, -0.1) is 10.2 Å². The number of benzene rings is 1. The molecule has 6 rings (SSSR count).